The summed E-state index contributed by atoms with van der Waals surface area (Å²) in [6, 6.07) is 8.58. The third-order valence-corrected chi connectivity index (χ3v) is 6.42. The number of hydrogen-bond donors (Lipinski definition) is 1. The van der Waals surface area contributed by atoms with Crippen LogP contribution in [-0.2, 0) is 12.8 Å². The van der Waals surface area contributed by atoms with Gasteiger partial charge in [-0.05, 0) is 42.7 Å². The summed E-state index contributed by atoms with van der Waals surface area (Å²) >= 11 is 0. The zero-order valence-electron chi connectivity index (χ0n) is 21.4. The Morgan fingerprint density at radius 3 is 2.55 bits per heavy atom. The third-order valence-electron chi connectivity index (χ3n) is 6.42. The maximum Gasteiger partial charge on any atom is 0.432 e. The van der Waals surface area contributed by atoms with Gasteiger partial charge in [-0.2, -0.15) is 18.2 Å². The second-order valence-corrected chi connectivity index (χ2v) is 9.11. The number of aromatic amines is 1. The first-order chi connectivity index (χ1) is 19.4. The molecule has 40 heavy (non-hydrogen) atoms. The van der Waals surface area contributed by atoms with E-state index in [4.69, 9.17) is 24.2 Å². The molecule has 4 heterocycles. The second kappa shape index (κ2) is 10.1. The molecule has 1 N–H and O–H groups in total. The largest absolute Gasteiger partial charge is 0.496 e. The summed E-state index contributed by atoms with van der Waals surface area (Å²) in [6.07, 6.45) is 1.33. The highest BCUT2D eigenvalue weighted by Gasteiger charge is 2.34. The Hall–Kier alpha value is -4.81. The van der Waals surface area contributed by atoms with Crippen molar-refractivity contribution in [2.75, 3.05) is 14.2 Å². The van der Waals surface area contributed by atoms with Gasteiger partial charge in [0, 0.05) is 12.1 Å². The minimum Gasteiger partial charge on any atom is -0.496 e. The average Bonchev–Trinajstić information content (AvgIpc) is 3.69. The minimum atomic E-state index is -4.53. The Morgan fingerprint density at radius 2 is 1.82 bits per heavy atom. The van der Waals surface area contributed by atoms with E-state index < -0.39 is 11.9 Å². The van der Waals surface area contributed by atoms with Crippen LogP contribution < -0.4 is 14.2 Å². The Balaban J connectivity index is 1.33. The summed E-state index contributed by atoms with van der Waals surface area (Å²) < 4.78 is 56.2. The summed E-state index contributed by atoms with van der Waals surface area (Å²) in [4.78, 5) is 28.7. The van der Waals surface area contributed by atoms with Gasteiger partial charge in [-0.3, -0.25) is 0 Å². The number of hydrogen-bond acceptors (Lipinski definition) is 9. The molecule has 0 aliphatic heterocycles. The fourth-order valence-corrected chi connectivity index (χ4v) is 4.34. The number of rotatable bonds is 8. The Morgan fingerprint density at radius 1 is 0.975 bits per heavy atom. The van der Waals surface area contributed by atoms with Gasteiger partial charge in [-0.1, -0.05) is 6.07 Å². The maximum absolute atomic E-state index is 13.0. The molecule has 0 unspecified atom stereocenters. The summed E-state index contributed by atoms with van der Waals surface area (Å²) in [5, 5.41) is 0. The van der Waals surface area contributed by atoms with Crippen molar-refractivity contribution in [3.63, 3.8) is 0 Å². The predicted molar refractivity (Wildman–Crippen MR) is 137 cm³/mol. The van der Waals surface area contributed by atoms with E-state index in [9.17, 15) is 13.2 Å². The van der Waals surface area contributed by atoms with Crippen LogP contribution in [0.4, 0.5) is 13.2 Å². The summed E-state index contributed by atoms with van der Waals surface area (Å²) in [5.74, 6) is 1.64. The molecule has 5 aromatic rings. The summed E-state index contributed by atoms with van der Waals surface area (Å²) in [5.41, 5.74) is 2.60. The van der Waals surface area contributed by atoms with Gasteiger partial charge < -0.3 is 19.2 Å². The smallest absolute Gasteiger partial charge is 0.432 e. The number of alkyl halides is 3. The number of H-pyrrole nitrogens is 1. The molecule has 0 saturated heterocycles. The number of aromatic nitrogens is 7. The molecule has 1 aromatic carbocycles. The zero-order chi connectivity index (χ0) is 27.9. The molecule has 1 fully saturated rings. The van der Waals surface area contributed by atoms with Crippen LogP contribution in [0.15, 0.2) is 49.1 Å². The highest BCUT2D eigenvalue weighted by Crippen LogP contribution is 2.45. The molecule has 204 valence electrons. The fraction of sp³-hybridized carbons (Fsp3) is 0.259. The fourth-order valence-electron chi connectivity index (χ4n) is 4.34. The van der Waals surface area contributed by atoms with Crippen molar-refractivity contribution >= 4 is 11.0 Å². The number of halogens is 3. The van der Waals surface area contributed by atoms with Crippen LogP contribution in [0.25, 0.3) is 33.8 Å². The molecule has 1 aliphatic carbocycles. The highest BCUT2D eigenvalue weighted by atomic mass is 19.4. The van der Waals surface area contributed by atoms with Crippen molar-refractivity contribution in [2.45, 2.75) is 31.5 Å². The van der Waals surface area contributed by atoms with Gasteiger partial charge in [-0.25, -0.2) is 24.9 Å². The van der Waals surface area contributed by atoms with E-state index >= 15 is 0 Å². The molecule has 0 radical (unpaired) electrons. The number of fused-ring (bicyclic) bond motifs is 1. The molecule has 6 rings (SSSR count). The third kappa shape index (κ3) is 4.85. The Labute approximate surface area is 225 Å². The molecule has 0 atom stereocenters. The highest BCUT2D eigenvalue weighted by molar-refractivity contribution is 5.82. The van der Waals surface area contributed by atoms with Gasteiger partial charge in [-0.15, -0.1) is 0 Å². The van der Waals surface area contributed by atoms with Gasteiger partial charge in [0.25, 0.3) is 0 Å². The van der Waals surface area contributed by atoms with E-state index in [0.29, 0.717) is 45.2 Å². The van der Waals surface area contributed by atoms with Crippen LogP contribution in [0.5, 0.6) is 17.5 Å². The summed E-state index contributed by atoms with van der Waals surface area (Å²) in [6.45, 7) is 0.0721. The molecular weight excluding hydrogens is 527 g/mol. The number of ether oxygens (including phenoxy) is 3. The molecule has 0 bridgehead atoms. The van der Waals surface area contributed by atoms with Crippen LogP contribution >= 0.6 is 0 Å². The normalized spacial score (nSPS) is 13.4. The first-order valence-corrected chi connectivity index (χ1v) is 12.3. The van der Waals surface area contributed by atoms with E-state index in [1.54, 1.807) is 30.5 Å². The predicted octanol–water partition coefficient (Wildman–Crippen LogP) is 5.36. The van der Waals surface area contributed by atoms with Crippen LogP contribution in [-0.4, -0.2) is 49.1 Å². The van der Waals surface area contributed by atoms with Gasteiger partial charge in [0.15, 0.2) is 11.3 Å². The lowest BCUT2D eigenvalue weighted by Gasteiger charge is -2.14. The standard InChI is InChI=1S/C27H22F3N7O3/c1-38-18-10-14(5-8-16(18)23-32-11-19(36-23)27(28,29)30)12-40-26-22-17(4-3-9-31-22)35-24(37-26)20-21(15-6-7-15)33-13-34-25(20)39-2/h3-5,8-11,13,15H,6-7,12H2,1-2H3,(H,32,36). The molecule has 10 nitrogen and oxygen atoms in total. The lowest BCUT2D eigenvalue weighted by atomic mass is 10.1. The first kappa shape index (κ1) is 25.5. The van der Waals surface area contributed by atoms with Crippen molar-refractivity contribution in [1.29, 1.82) is 0 Å². The summed E-state index contributed by atoms with van der Waals surface area (Å²) in [7, 11) is 2.96. The van der Waals surface area contributed by atoms with Crippen molar-refractivity contribution < 1.29 is 27.4 Å². The van der Waals surface area contributed by atoms with Gasteiger partial charge >= 0.3 is 6.18 Å². The van der Waals surface area contributed by atoms with Crippen molar-refractivity contribution in [2.24, 2.45) is 0 Å². The van der Waals surface area contributed by atoms with Gasteiger partial charge in [0.1, 0.15) is 35.8 Å². The zero-order valence-corrected chi connectivity index (χ0v) is 21.4. The monoisotopic (exact) mass is 549 g/mol. The number of nitrogens with zero attached hydrogens (tertiary/aromatic N) is 6. The lowest BCUT2D eigenvalue weighted by molar-refractivity contribution is -0.140. The van der Waals surface area contributed by atoms with Crippen LogP contribution in [0, 0.1) is 0 Å². The van der Waals surface area contributed by atoms with Crippen LogP contribution in [0.2, 0.25) is 0 Å². The number of imidazole rings is 1. The molecular formula is C27H22F3N7O3. The van der Waals surface area contributed by atoms with Gasteiger partial charge in [0.05, 0.1) is 37.2 Å². The van der Waals surface area contributed by atoms with E-state index in [-0.39, 0.29) is 24.2 Å². The van der Waals surface area contributed by atoms with E-state index in [0.717, 1.165) is 24.7 Å². The van der Waals surface area contributed by atoms with Crippen molar-refractivity contribution in [1.82, 2.24) is 34.9 Å². The maximum atomic E-state index is 13.0. The molecule has 1 aliphatic rings. The quantitative estimate of drug-likeness (QED) is 0.272. The van der Waals surface area contributed by atoms with E-state index in [2.05, 4.69) is 24.9 Å². The number of nitrogens with one attached hydrogen (secondary N) is 1. The second-order valence-electron chi connectivity index (χ2n) is 9.11. The van der Waals surface area contributed by atoms with E-state index in [1.165, 1.54) is 20.5 Å². The number of pyridine rings is 1. The van der Waals surface area contributed by atoms with E-state index in [1.807, 2.05) is 6.07 Å². The molecule has 1 saturated carbocycles. The molecule has 0 spiro atoms. The number of methoxy groups -OCH3 is 2. The molecule has 0 amide bonds. The minimum absolute atomic E-state index is 0.0396. The average molecular weight is 550 g/mol. The molecule has 13 heteroatoms. The van der Waals surface area contributed by atoms with Crippen LogP contribution in [0.1, 0.15) is 35.7 Å². The SMILES string of the molecule is COc1cc(COc2nc(-c3c(OC)ncnc3C3CC3)nc3cccnc23)ccc1-c1ncc(C(F)(F)F)[nH]1. The Bertz CT molecular complexity index is 1700. The van der Waals surface area contributed by atoms with Crippen molar-refractivity contribution in [3.05, 3.63) is 66.0 Å². The first-order valence-electron chi connectivity index (χ1n) is 12.3. The van der Waals surface area contributed by atoms with Gasteiger partial charge in [0.2, 0.25) is 11.8 Å². The number of benzene rings is 1. The molecule has 4 aromatic heterocycles. The van der Waals surface area contributed by atoms with Crippen LogP contribution in [0.3, 0.4) is 0 Å². The Kier molecular flexibility index (Phi) is 6.40. The topological polar surface area (TPSA) is 121 Å². The van der Waals surface area contributed by atoms with Crippen molar-refractivity contribution in [3.8, 4) is 40.3 Å². The lowest BCUT2D eigenvalue weighted by Crippen LogP contribution is -2.06.